The molecule has 222 valence electrons. The van der Waals surface area contributed by atoms with Crippen LogP contribution in [0.1, 0.15) is 0 Å². The molecule has 0 saturated carbocycles. The predicted octanol–water partition coefficient (Wildman–Crippen LogP) is 5.64. The minimum atomic E-state index is -6.30. The number of rotatable bonds is 9. The SMILES string of the molecule is FCC(F)(F)OC(F)(F)C(F)(F)OC(F)(F)CF.FCOC(F)=C(F)F.O=S(=O)(F)F.O=S(=O)(F)F. The van der Waals surface area contributed by atoms with Crippen molar-refractivity contribution in [3.05, 3.63) is 12.1 Å². The van der Waals surface area contributed by atoms with Crippen LogP contribution in [-0.4, -0.2) is 61.5 Å². The van der Waals surface area contributed by atoms with E-state index in [4.69, 9.17) is 16.8 Å². The molecular formula is C9H6F18O7S2. The van der Waals surface area contributed by atoms with Crippen LogP contribution in [0.3, 0.4) is 0 Å². The number of alkyl halides is 11. The molecule has 0 saturated heterocycles. The van der Waals surface area contributed by atoms with Crippen molar-refractivity contribution >= 4 is 21.2 Å². The van der Waals surface area contributed by atoms with Crippen molar-refractivity contribution in [2.45, 2.75) is 24.4 Å². The average molecular weight is 632 g/mol. The van der Waals surface area contributed by atoms with Crippen LogP contribution in [0.2, 0.25) is 0 Å². The zero-order chi connectivity index (χ0) is 30.4. The standard InChI is InChI=1S/C6H4F10O2.C3H2F4O.2F2O2S/c7-1-3(9,10)17-5(13,14)6(15,16)18-4(11,12)2-8;4-1-8-3(7)2(5)6;2*1-5(2,3)4/h1-2H2;1H2;;. The second kappa shape index (κ2) is 16.0. The van der Waals surface area contributed by atoms with Crippen LogP contribution < -0.4 is 0 Å². The Morgan fingerprint density at radius 3 is 0.917 bits per heavy atom. The molecule has 0 unspecified atom stereocenters. The molecule has 0 N–H and O–H groups in total. The summed E-state index contributed by atoms with van der Waals surface area (Å²) in [5, 5.41) is 0. The first-order valence-corrected chi connectivity index (χ1v) is 9.25. The lowest BCUT2D eigenvalue weighted by Gasteiger charge is -2.29. The Morgan fingerprint density at radius 2 is 0.806 bits per heavy atom. The lowest BCUT2D eigenvalue weighted by molar-refractivity contribution is -0.513. The van der Waals surface area contributed by atoms with E-state index in [-0.39, 0.29) is 0 Å². The molecule has 7 nitrogen and oxygen atoms in total. The van der Waals surface area contributed by atoms with Gasteiger partial charge in [-0.3, -0.25) is 0 Å². The molecule has 0 aliphatic rings. The van der Waals surface area contributed by atoms with Gasteiger partial charge in [-0.2, -0.15) is 65.1 Å². The van der Waals surface area contributed by atoms with Gasteiger partial charge in [0.15, 0.2) is 13.3 Å². The van der Waals surface area contributed by atoms with Crippen LogP contribution in [-0.2, 0) is 35.4 Å². The first kappa shape index (κ1) is 41.2. The summed E-state index contributed by atoms with van der Waals surface area (Å²) in [5.74, 6) is 0. The molecule has 0 radical (unpaired) electrons. The summed E-state index contributed by atoms with van der Waals surface area (Å²) >= 11 is 0. The van der Waals surface area contributed by atoms with E-state index in [9.17, 15) is 77.0 Å². The number of ether oxygens (including phenoxy) is 3. The third kappa shape index (κ3) is 30.1. The van der Waals surface area contributed by atoms with Crippen molar-refractivity contribution < 1.29 is 108 Å². The summed E-state index contributed by atoms with van der Waals surface area (Å²) < 4.78 is 244. The van der Waals surface area contributed by atoms with Gasteiger partial charge in [0.1, 0.15) is 0 Å². The maximum absolute atomic E-state index is 12.4. The third-order valence-corrected chi connectivity index (χ3v) is 1.53. The van der Waals surface area contributed by atoms with Gasteiger partial charge in [0.2, 0.25) is 6.86 Å². The van der Waals surface area contributed by atoms with Gasteiger partial charge in [-0.15, -0.1) is 0 Å². The fourth-order valence-corrected chi connectivity index (χ4v) is 0.651. The van der Waals surface area contributed by atoms with E-state index in [1.807, 2.05) is 0 Å². The van der Waals surface area contributed by atoms with Crippen molar-refractivity contribution in [1.29, 1.82) is 0 Å². The highest BCUT2D eigenvalue weighted by molar-refractivity contribution is 7.81. The lowest BCUT2D eigenvalue weighted by Crippen LogP contribution is -2.52. The number of hydrogen-bond acceptors (Lipinski definition) is 7. The van der Waals surface area contributed by atoms with Crippen molar-refractivity contribution in [2.24, 2.45) is 0 Å². The van der Waals surface area contributed by atoms with Gasteiger partial charge in [0.05, 0.1) is 0 Å². The Hall–Kier alpha value is -1.90. The molecule has 0 aliphatic heterocycles. The second-order valence-electron chi connectivity index (χ2n) is 4.32. The largest absolute Gasteiger partial charge is 0.476 e. The van der Waals surface area contributed by atoms with Gasteiger partial charge in [-0.25, -0.2) is 22.6 Å². The van der Waals surface area contributed by atoms with E-state index in [0.717, 1.165) is 0 Å². The summed E-state index contributed by atoms with van der Waals surface area (Å²) in [4.78, 5) is 0. The maximum atomic E-state index is 12.4. The molecule has 0 spiro atoms. The molecule has 0 atom stereocenters. The van der Waals surface area contributed by atoms with Gasteiger partial charge >= 0.3 is 57.7 Å². The zero-order valence-electron chi connectivity index (χ0n) is 15.6. The zero-order valence-corrected chi connectivity index (χ0v) is 17.2. The highest BCUT2D eigenvalue weighted by Gasteiger charge is 2.67. The average Bonchev–Trinajstić information content (AvgIpc) is 2.57. The monoisotopic (exact) mass is 632 g/mol. The van der Waals surface area contributed by atoms with E-state index in [0.29, 0.717) is 0 Å². The summed E-state index contributed by atoms with van der Waals surface area (Å²) in [7, 11) is -11.3. The molecule has 0 heterocycles. The summed E-state index contributed by atoms with van der Waals surface area (Å²) in [6, 6.07) is -2.16. The van der Waals surface area contributed by atoms with Crippen LogP contribution in [0.25, 0.3) is 0 Å². The molecule has 0 aromatic heterocycles. The second-order valence-corrected chi connectivity index (χ2v) is 5.84. The molecule has 0 amide bonds. The summed E-state index contributed by atoms with van der Waals surface area (Å²) in [5.41, 5.74) is 0. The Kier molecular flexibility index (Phi) is 18.4. The fourth-order valence-electron chi connectivity index (χ4n) is 0.651. The highest BCUT2D eigenvalue weighted by Crippen LogP contribution is 2.43. The lowest BCUT2D eigenvalue weighted by atomic mass is 10.5. The quantitative estimate of drug-likeness (QED) is 0.185. The fraction of sp³-hybridized carbons (Fsp3) is 0.778. The highest BCUT2D eigenvalue weighted by atomic mass is 32.3. The molecule has 36 heavy (non-hydrogen) atoms. The van der Waals surface area contributed by atoms with Crippen LogP contribution >= 0.6 is 0 Å². The normalized spacial score (nSPS) is 12.6. The van der Waals surface area contributed by atoms with Crippen LogP contribution in [0.4, 0.5) is 77.0 Å². The predicted molar refractivity (Wildman–Crippen MR) is 73.6 cm³/mol. The first-order chi connectivity index (χ1) is 15.5. The Bertz CT molecular complexity index is 780. The van der Waals surface area contributed by atoms with Crippen LogP contribution in [0.5, 0.6) is 0 Å². The molecule has 0 aromatic carbocycles. The topological polar surface area (TPSA) is 96.0 Å². The van der Waals surface area contributed by atoms with Gasteiger partial charge in [-0.05, 0) is 0 Å². The van der Waals surface area contributed by atoms with Gasteiger partial charge in [0.25, 0.3) is 0 Å². The minimum Gasteiger partial charge on any atom is -0.435 e. The molecule has 0 aromatic rings. The molecule has 0 bridgehead atoms. The number of hydrogen-bond donors (Lipinski definition) is 0. The number of halogens is 18. The van der Waals surface area contributed by atoms with E-state index >= 15 is 0 Å². The maximum Gasteiger partial charge on any atom is 0.476 e. The van der Waals surface area contributed by atoms with Crippen LogP contribution in [0.15, 0.2) is 12.1 Å². The van der Waals surface area contributed by atoms with Crippen molar-refractivity contribution in [2.75, 3.05) is 20.2 Å². The van der Waals surface area contributed by atoms with Crippen molar-refractivity contribution in [1.82, 2.24) is 0 Å². The van der Waals surface area contributed by atoms with Crippen molar-refractivity contribution in [3.8, 4) is 0 Å². The summed E-state index contributed by atoms with van der Waals surface area (Å²) in [6.45, 7) is -7.42. The summed E-state index contributed by atoms with van der Waals surface area (Å²) in [6.07, 6.45) is -26.0. The Balaban J connectivity index is -0.000000232. The van der Waals surface area contributed by atoms with Crippen molar-refractivity contribution in [3.63, 3.8) is 0 Å². The minimum absolute atomic E-state index is 1.58. The Morgan fingerprint density at radius 1 is 0.583 bits per heavy atom. The van der Waals surface area contributed by atoms with E-state index < -0.39 is 78.0 Å². The first-order valence-electron chi connectivity index (χ1n) is 6.68. The van der Waals surface area contributed by atoms with E-state index in [1.165, 1.54) is 0 Å². The third-order valence-electron chi connectivity index (χ3n) is 1.53. The molecule has 0 rings (SSSR count). The molecule has 0 fully saturated rings. The smallest absolute Gasteiger partial charge is 0.435 e. The van der Waals surface area contributed by atoms with E-state index in [1.54, 1.807) is 0 Å². The van der Waals surface area contributed by atoms with Gasteiger partial charge < -0.3 is 4.74 Å². The van der Waals surface area contributed by atoms with Gasteiger partial charge in [-0.1, -0.05) is 15.5 Å². The van der Waals surface area contributed by atoms with Crippen LogP contribution in [0, 0.1) is 0 Å². The molecule has 27 heteroatoms. The molecular weight excluding hydrogens is 626 g/mol. The molecule has 0 aliphatic carbocycles. The van der Waals surface area contributed by atoms with E-state index in [2.05, 4.69) is 14.2 Å². The van der Waals surface area contributed by atoms with Gasteiger partial charge in [0, 0.05) is 0 Å². The Labute approximate surface area is 187 Å².